The second kappa shape index (κ2) is 8.66. The SMILES string of the molecule is O=C(CCCC1CCCCC1)NC1CCC(CO)CC1. The Morgan fingerprint density at radius 1 is 0.950 bits per heavy atom. The van der Waals surface area contributed by atoms with E-state index in [4.69, 9.17) is 5.11 Å². The van der Waals surface area contributed by atoms with E-state index in [2.05, 4.69) is 5.32 Å². The minimum absolute atomic E-state index is 0.244. The molecule has 1 amide bonds. The Balaban J connectivity index is 1.54. The second-order valence-corrected chi connectivity index (χ2v) is 6.86. The highest BCUT2D eigenvalue weighted by Crippen LogP contribution is 2.28. The molecule has 0 aromatic heterocycles. The smallest absolute Gasteiger partial charge is 0.220 e. The summed E-state index contributed by atoms with van der Waals surface area (Å²) in [6, 6.07) is 0.361. The standard InChI is InChI=1S/C17H31NO2/c19-13-15-9-11-16(12-10-15)18-17(20)8-4-7-14-5-2-1-3-6-14/h14-16,19H,1-13H2,(H,18,20). The first-order chi connectivity index (χ1) is 9.78. The molecule has 0 unspecified atom stereocenters. The van der Waals surface area contributed by atoms with Gasteiger partial charge in [0.05, 0.1) is 0 Å². The van der Waals surface area contributed by atoms with Crippen LogP contribution in [0.5, 0.6) is 0 Å². The number of hydrogen-bond donors (Lipinski definition) is 2. The summed E-state index contributed by atoms with van der Waals surface area (Å²) < 4.78 is 0. The minimum Gasteiger partial charge on any atom is -0.396 e. The number of aliphatic hydroxyl groups excluding tert-OH is 1. The van der Waals surface area contributed by atoms with E-state index in [0.29, 0.717) is 25.0 Å². The van der Waals surface area contributed by atoms with Crippen molar-refractivity contribution >= 4 is 5.91 Å². The summed E-state index contributed by atoms with van der Waals surface area (Å²) in [7, 11) is 0. The normalized spacial score (nSPS) is 28.2. The fourth-order valence-electron chi connectivity index (χ4n) is 3.82. The van der Waals surface area contributed by atoms with Crippen molar-refractivity contribution in [2.24, 2.45) is 11.8 Å². The molecule has 2 fully saturated rings. The number of carbonyl (C=O) groups is 1. The molecule has 0 aromatic rings. The molecule has 0 radical (unpaired) electrons. The predicted molar refractivity (Wildman–Crippen MR) is 81.4 cm³/mol. The van der Waals surface area contributed by atoms with Gasteiger partial charge in [-0.2, -0.15) is 0 Å². The van der Waals surface area contributed by atoms with Gasteiger partial charge in [-0.25, -0.2) is 0 Å². The third kappa shape index (κ3) is 5.43. The summed E-state index contributed by atoms with van der Waals surface area (Å²) in [5.74, 6) is 1.60. The zero-order valence-electron chi connectivity index (χ0n) is 12.8. The molecule has 0 heterocycles. The van der Waals surface area contributed by atoms with Crippen molar-refractivity contribution < 1.29 is 9.90 Å². The number of rotatable bonds is 6. The summed E-state index contributed by atoms with van der Waals surface area (Å²) in [6.45, 7) is 0.308. The lowest BCUT2D eigenvalue weighted by Gasteiger charge is -2.28. The highest BCUT2D eigenvalue weighted by molar-refractivity contribution is 5.76. The van der Waals surface area contributed by atoms with E-state index in [9.17, 15) is 4.79 Å². The second-order valence-electron chi connectivity index (χ2n) is 6.86. The predicted octanol–water partition coefficient (Wildman–Crippen LogP) is 3.40. The van der Waals surface area contributed by atoms with Gasteiger partial charge in [0.15, 0.2) is 0 Å². The molecule has 2 aliphatic carbocycles. The zero-order valence-corrected chi connectivity index (χ0v) is 12.8. The lowest BCUT2D eigenvalue weighted by atomic mass is 9.85. The maximum absolute atomic E-state index is 11.9. The fraction of sp³-hybridized carbons (Fsp3) is 0.941. The first-order valence-electron chi connectivity index (χ1n) is 8.68. The van der Waals surface area contributed by atoms with Gasteiger partial charge in [-0.3, -0.25) is 4.79 Å². The maximum atomic E-state index is 11.9. The van der Waals surface area contributed by atoms with Gasteiger partial charge in [0.2, 0.25) is 5.91 Å². The Labute approximate surface area is 123 Å². The van der Waals surface area contributed by atoms with E-state index in [-0.39, 0.29) is 5.91 Å². The van der Waals surface area contributed by atoms with Gasteiger partial charge in [-0.15, -0.1) is 0 Å². The van der Waals surface area contributed by atoms with Crippen molar-refractivity contribution in [1.82, 2.24) is 5.32 Å². The minimum atomic E-state index is 0.244. The van der Waals surface area contributed by atoms with Gasteiger partial charge < -0.3 is 10.4 Å². The molecule has 0 saturated heterocycles. The first-order valence-corrected chi connectivity index (χ1v) is 8.68. The van der Waals surface area contributed by atoms with Gasteiger partial charge in [0.1, 0.15) is 0 Å². The van der Waals surface area contributed by atoms with Crippen LogP contribution in [0.3, 0.4) is 0 Å². The van der Waals surface area contributed by atoms with Crippen molar-refractivity contribution in [2.45, 2.75) is 83.1 Å². The zero-order chi connectivity index (χ0) is 14.2. The third-order valence-electron chi connectivity index (χ3n) is 5.21. The van der Waals surface area contributed by atoms with E-state index in [1.54, 1.807) is 0 Å². The van der Waals surface area contributed by atoms with Crippen molar-refractivity contribution in [3.8, 4) is 0 Å². The number of carbonyl (C=O) groups excluding carboxylic acids is 1. The van der Waals surface area contributed by atoms with Gasteiger partial charge in [0.25, 0.3) is 0 Å². The van der Waals surface area contributed by atoms with Crippen LogP contribution < -0.4 is 5.32 Å². The molecule has 3 nitrogen and oxygen atoms in total. The van der Waals surface area contributed by atoms with E-state index < -0.39 is 0 Å². The van der Waals surface area contributed by atoms with Gasteiger partial charge in [0, 0.05) is 19.1 Å². The number of aliphatic hydroxyl groups is 1. The molecule has 0 spiro atoms. The Morgan fingerprint density at radius 2 is 1.65 bits per heavy atom. The Kier molecular flexibility index (Phi) is 6.85. The van der Waals surface area contributed by atoms with E-state index >= 15 is 0 Å². The largest absolute Gasteiger partial charge is 0.396 e. The van der Waals surface area contributed by atoms with Crippen molar-refractivity contribution in [3.63, 3.8) is 0 Å². The summed E-state index contributed by atoms with van der Waals surface area (Å²) >= 11 is 0. The lowest BCUT2D eigenvalue weighted by molar-refractivity contribution is -0.122. The van der Waals surface area contributed by atoms with Crippen molar-refractivity contribution in [3.05, 3.63) is 0 Å². The van der Waals surface area contributed by atoms with E-state index in [1.807, 2.05) is 0 Å². The average Bonchev–Trinajstić information content (AvgIpc) is 2.49. The topological polar surface area (TPSA) is 49.3 Å². The van der Waals surface area contributed by atoms with Gasteiger partial charge in [-0.05, 0) is 50.4 Å². The maximum Gasteiger partial charge on any atom is 0.220 e. The van der Waals surface area contributed by atoms with Crippen LogP contribution >= 0.6 is 0 Å². The fourth-order valence-corrected chi connectivity index (χ4v) is 3.82. The molecule has 2 saturated carbocycles. The van der Waals surface area contributed by atoms with Crippen LogP contribution in [0.2, 0.25) is 0 Å². The molecule has 2 N–H and O–H groups in total. The molecule has 0 bridgehead atoms. The number of hydrogen-bond acceptors (Lipinski definition) is 2. The quantitative estimate of drug-likeness (QED) is 0.784. The van der Waals surface area contributed by atoms with Crippen LogP contribution in [0, 0.1) is 11.8 Å². The monoisotopic (exact) mass is 281 g/mol. The van der Waals surface area contributed by atoms with E-state index in [1.165, 1.54) is 38.5 Å². The van der Waals surface area contributed by atoms with Crippen LogP contribution in [0.25, 0.3) is 0 Å². The molecule has 0 aromatic carbocycles. The van der Waals surface area contributed by atoms with Crippen LogP contribution in [0.1, 0.15) is 77.0 Å². The molecular weight excluding hydrogens is 250 g/mol. The number of nitrogens with one attached hydrogen (secondary N) is 1. The van der Waals surface area contributed by atoms with E-state index in [0.717, 1.165) is 38.0 Å². The molecule has 0 atom stereocenters. The van der Waals surface area contributed by atoms with Crippen LogP contribution in [0.15, 0.2) is 0 Å². The Morgan fingerprint density at radius 3 is 2.30 bits per heavy atom. The van der Waals surface area contributed by atoms with Crippen molar-refractivity contribution in [1.29, 1.82) is 0 Å². The summed E-state index contributed by atoms with van der Waals surface area (Å²) in [4.78, 5) is 11.9. The molecule has 20 heavy (non-hydrogen) atoms. The molecule has 116 valence electrons. The lowest BCUT2D eigenvalue weighted by Crippen LogP contribution is -2.38. The van der Waals surface area contributed by atoms with Crippen molar-refractivity contribution in [2.75, 3.05) is 6.61 Å². The molecular formula is C17H31NO2. The van der Waals surface area contributed by atoms with Gasteiger partial charge in [-0.1, -0.05) is 32.1 Å². The van der Waals surface area contributed by atoms with Crippen LogP contribution in [0.4, 0.5) is 0 Å². The molecule has 0 aliphatic heterocycles. The Hall–Kier alpha value is -0.570. The Bertz CT molecular complexity index is 279. The summed E-state index contributed by atoms with van der Waals surface area (Å²) in [6.07, 6.45) is 14.2. The highest BCUT2D eigenvalue weighted by atomic mass is 16.3. The molecule has 2 aliphatic rings. The van der Waals surface area contributed by atoms with Crippen LogP contribution in [-0.4, -0.2) is 23.7 Å². The average molecular weight is 281 g/mol. The third-order valence-corrected chi connectivity index (χ3v) is 5.21. The molecule has 3 heteroatoms. The molecule has 2 rings (SSSR count). The van der Waals surface area contributed by atoms with Crippen LogP contribution in [-0.2, 0) is 4.79 Å². The first kappa shape index (κ1) is 15.8. The summed E-state index contributed by atoms with van der Waals surface area (Å²) in [5, 5.41) is 12.3. The number of amides is 1. The summed E-state index contributed by atoms with van der Waals surface area (Å²) in [5.41, 5.74) is 0. The highest BCUT2D eigenvalue weighted by Gasteiger charge is 2.21. The van der Waals surface area contributed by atoms with Gasteiger partial charge >= 0.3 is 0 Å².